The summed E-state index contributed by atoms with van der Waals surface area (Å²) in [5.74, 6) is -0.108. The summed E-state index contributed by atoms with van der Waals surface area (Å²) in [6.45, 7) is 1.88. The minimum Gasteiger partial charge on any atom is -0.293 e. The maximum absolute atomic E-state index is 12.2. The molecule has 0 aliphatic rings. The number of Topliss-reactive ketones (excluding diaryl/α,β-unsaturated/α-hetero) is 1. The Morgan fingerprint density at radius 1 is 1.13 bits per heavy atom. The molecule has 0 aliphatic carbocycles. The average Bonchev–Trinajstić information content (AvgIpc) is 2.57. The van der Waals surface area contributed by atoms with Gasteiger partial charge in [-0.1, -0.05) is 36.4 Å². The summed E-state index contributed by atoms with van der Waals surface area (Å²) in [6, 6.07) is 17.8. The van der Waals surface area contributed by atoms with Gasteiger partial charge in [-0.05, 0) is 50.0 Å². The van der Waals surface area contributed by atoms with Crippen LogP contribution in [0, 0.1) is 18.3 Å². The minimum absolute atomic E-state index is 0.108. The van der Waals surface area contributed by atoms with Crippen molar-refractivity contribution in [3.05, 3.63) is 71.1 Å². The molecule has 0 fully saturated rings. The Kier molecular flexibility index (Phi) is 6.26. The molecular formula is C20H20N2O. The second kappa shape index (κ2) is 8.65. The number of aromatic nitrogens is 1. The van der Waals surface area contributed by atoms with Gasteiger partial charge in [0.05, 0.1) is 11.3 Å². The molecule has 23 heavy (non-hydrogen) atoms. The Bertz CT molecular complexity index is 727. The van der Waals surface area contributed by atoms with Crippen LogP contribution < -0.4 is 0 Å². The molecule has 1 aromatic heterocycles. The van der Waals surface area contributed by atoms with E-state index in [0.29, 0.717) is 12.1 Å². The van der Waals surface area contributed by atoms with E-state index in [1.165, 1.54) is 5.56 Å². The summed E-state index contributed by atoms with van der Waals surface area (Å²) in [5.41, 5.74) is 2.98. The van der Waals surface area contributed by atoms with Crippen molar-refractivity contribution >= 4 is 11.9 Å². The van der Waals surface area contributed by atoms with Gasteiger partial charge in [0.1, 0.15) is 6.07 Å². The van der Waals surface area contributed by atoms with Crippen LogP contribution in [0.2, 0.25) is 0 Å². The van der Waals surface area contributed by atoms with Crippen LogP contribution in [0.1, 0.15) is 36.2 Å². The van der Waals surface area contributed by atoms with Crippen LogP contribution in [0.4, 0.5) is 0 Å². The van der Waals surface area contributed by atoms with Gasteiger partial charge in [0, 0.05) is 12.1 Å². The zero-order chi connectivity index (χ0) is 16.5. The van der Waals surface area contributed by atoms with Crippen molar-refractivity contribution in [1.29, 1.82) is 5.26 Å². The lowest BCUT2D eigenvalue weighted by Gasteiger charge is -2.02. The molecule has 0 radical (unpaired) electrons. The lowest BCUT2D eigenvalue weighted by molar-refractivity contribution is -0.115. The second-order valence-electron chi connectivity index (χ2n) is 5.49. The van der Waals surface area contributed by atoms with Crippen LogP contribution in [0.3, 0.4) is 0 Å². The van der Waals surface area contributed by atoms with Crippen molar-refractivity contribution in [2.45, 2.75) is 32.6 Å². The molecule has 0 N–H and O–H groups in total. The van der Waals surface area contributed by atoms with Crippen LogP contribution in [0.5, 0.6) is 0 Å². The van der Waals surface area contributed by atoms with Crippen LogP contribution in [0.15, 0.2) is 54.1 Å². The number of nitriles is 1. The number of hydrogen-bond acceptors (Lipinski definition) is 3. The zero-order valence-corrected chi connectivity index (χ0v) is 13.3. The fraction of sp³-hybridized carbons (Fsp3) is 0.250. The number of allylic oxidation sites excluding steroid dienone is 1. The monoisotopic (exact) mass is 304 g/mol. The lowest BCUT2D eigenvalue weighted by atomic mass is 10.0. The van der Waals surface area contributed by atoms with Crippen molar-refractivity contribution in [3.63, 3.8) is 0 Å². The van der Waals surface area contributed by atoms with Gasteiger partial charge in [-0.15, -0.1) is 0 Å². The standard InChI is InChI=1S/C20H20N2O/c1-16-8-7-12-19(22-16)14-18(15-21)20(23)13-6-5-11-17-9-3-2-4-10-17/h2-4,7-10,12,14H,5-6,11,13H2,1H3/b18-14+. The highest BCUT2D eigenvalue weighted by Crippen LogP contribution is 2.11. The van der Waals surface area contributed by atoms with Gasteiger partial charge in [0.15, 0.2) is 5.78 Å². The van der Waals surface area contributed by atoms with E-state index < -0.39 is 0 Å². The molecule has 1 heterocycles. The Morgan fingerprint density at radius 3 is 2.61 bits per heavy atom. The average molecular weight is 304 g/mol. The largest absolute Gasteiger partial charge is 0.293 e. The fourth-order valence-electron chi connectivity index (χ4n) is 2.36. The first-order valence-corrected chi connectivity index (χ1v) is 7.81. The number of ketones is 1. The SMILES string of the molecule is Cc1cccc(/C=C(\C#N)C(=O)CCCCc2ccccc2)n1. The molecule has 3 nitrogen and oxygen atoms in total. The predicted molar refractivity (Wildman–Crippen MR) is 91.6 cm³/mol. The van der Waals surface area contributed by atoms with Crippen LogP contribution in [-0.4, -0.2) is 10.8 Å². The third-order valence-electron chi connectivity index (χ3n) is 3.59. The molecule has 0 saturated carbocycles. The quantitative estimate of drug-likeness (QED) is 0.436. The Balaban J connectivity index is 1.87. The van der Waals surface area contributed by atoms with Gasteiger partial charge >= 0.3 is 0 Å². The fourth-order valence-corrected chi connectivity index (χ4v) is 2.36. The van der Waals surface area contributed by atoms with Crippen molar-refractivity contribution < 1.29 is 4.79 Å². The lowest BCUT2D eigenvalue weighted by Crippen LogP contribution is -2.01. The number of nitrogens with zero attached hydrogens (tertiary/aromatic N) is 2. The summed E-state index contributed by atoms with van der Waals surface area (Å²) in [5, 5.41) is 9.19. The van der Waals surface area contributed by atoms with Crippen LogP contribution >= 0.6 is 0 Å². The third-order valence-corrected chi connectivity index (χ3v) is 3.59. The number of carbonyl (C=O) groups excluding carboxylic acids is 1. The maximum Gasteiger partial charge on any atom is 0.173 e. The van der Waals surface area contributed by atoms with Crippen molar-refractivity contribution in [2.24, 2.45) is 0 Å². The third kappa shape index (κ3) is 5.52. The predicted octanol–water partition coefficient (Wildman–Crippen LogP) is 4.28. The van der Waals surface area contributed by atoms with Crippen molar-refractivity contribution in [2.75, 3.05) is 0 Å². The highest BCUT2D eigenvalue weighted by Gasteiger charge is 2.09. The Hall–Kier alpha value is -2.73. The van der Waals surface area contributed by atoms with Gasteiger partial charge in [-0.25, -0.2) is 0 Å². The number of aryl methyl sites for hydroxylation is 2. The Labute approximate surface area is 137 Å². The molecule has 0 aliphatic heterocycles. The van der Waals surface area contributed by atoms with Crippen LogP contribution in [-0.2, 0) is 11.2 Å². The maximum atomic E-state index is 12.2. The minimum atomic E-state index is -0.108. The first-order chi connectivity index (χ1) is 11.2. The molecule has 116 valence electrons. The highest BCUT2D eigenvalue weighted by molar-refractivity contribution is 6.02. The van der Waals surface area contributed by atoms with Crippen molar-refractivity contribution in [1.82, 2.24) is 4.98 Å². The molecule has 0 atom stereocenters. The smallest absolute Gasteiger partial charge is 0.173 e. The van der Waals surface area contributed by atoms with Gasteiger partial charge in [0.25, 0.3) is 0 Å². The second-order valence-corrected chi connectivity index (χ2v) is 5.49. The van der Waals surface area contributed by atoms with E-state index in [4.69, 9.17) is 0 Å². The molecule has 0 amide bonds. The molecule has 2 aromatic rings. The molecule has 1 aromatic carbocycles. The topological polar surface area (TPSA) is 53.8 Å². The van der Waals surface area contributed by atoms with Gasteiger partial charge in [-0.2, -0.15) is 5.26 Å². The van der Waals surface area contributed by atoms with Gasteiger partial charge < -0.3 is 0 Å². The first-order valence-electron chi connectivity index (χ1n) is 7.81. The van der Waals surface area contributed by atoms with Gasteiger partial charge in [0.2, 0.25) is 0 Å². The number of rotatable bonds is 7. The number of unbranched alkanes of at least 4 members (excludes halogenated alkanes) is 1. The normalized spacial score (nSPS) is 11.0. The summed E-state index contributed by atoms with van der Waals surface area (Å²) < 4.78 is 0. The number of hydrogen-bond donors (Lipinski definition) is 0. The molecular weight excluding hydrogens is 284 g/mol. The highest BCUT2D eigenvalue weighted by atomic mass is 16.1. The molecule has 0 spiro atoms. The first kappa shape index (κ1) is 16.6. The van der Waals surface area contributed by atoms with E-state index in [0.717, 1.165) is 25.0 Å². The summed E-state index contributed by atoms with van der Waals surface area (Å²) in [6.07, 6.45) is 4.66. The van der Waals surface area contributed by atoms with E-state index in [9.17, 15) is 10.1 Å². The van der Waals surface area contributed by atoms with Crippen LogP contribution in [0.25, 0.3) is 6.08 Å². The van der Waals surface area contributed by atoms with Crippen molar-refractivity contribution in [3.8, 4) is 6.07 Å². The van der Waals surface area contributed by atoms with E-state index in [-0.39, 0.29) is 11.4 Å². The summed E-state index contributed by atoms with van der Waals surface area (Å²) in [4.78, 5) is 16.5. The molecule has 0 saturated heterocycles. The van der Waals surface area contributed by atoms with E-state index in [1.54, 1.807) is 12.1 Å². The van der Waals surface area contributed by atoms with E-state index in [2.05, 4.69) is 17.1 Å². The number of pyridine rings is 1. The molecule has 3 heteroatoms. The van der Waals surface area contributed by atoms with E-state index >= 15 is 0 Å². The summed E-state index contributed by atoms with van der Waals surface area (Å²) >= 11 is 0. The number of carbonyl (C=O) groups is 1. The molecule has 0 bridgehead atoms. The number of benzene rings is 1. The van der Waals surface area contributed by atoms with E-state index in [1.807, 2.05) is 43.3 Å². The summed E-state index contributed by atoms with van der Waals surface area (Å²) in [7, 11) is 0. The van der Waals surface area contributed by atoms with Gasteiger partial charge in [-0.3, -0.25) is 9.78 Å². The molecule has 0 unspecified atom stereocenters. The molecule has 2 rings (SSSR count). The Morgan fingerprint density at radius 2 is 1.91 bits per heavy atom. The zero-order valence-electron chi connectivity index (χ0n) is 13.3.